The minimum Gasteiger partial charge on any atom is -0.289 e. The highest BCUT2D eigenvalue weighted by Gasteiger charge is 2.35. The van der Waals surface area contributed by atoms with Crippen molar-refractivity contribution in [3.05, 3.63) is 53.1 Å². The number of hydrogen-bond acceptors (Lipinski definition) is 4. The molecule has 0 saturated carbocycles. The van der Waals surface area contributed by atoms with Gasteiger partial charge in [0.15, 0.2) is 0 Å². The number of carbonyl (C=O) groups is 4. The van der Waals surface area contributed by atoms with Crippen LogP contribution in [0.15, 0.2) is 47.6 Å². The first-order valence-electron chi connectivity index (χ1n) is 7.18. The van der Waals surface area contributed by atoms with Crippen LogP contribution in [-0.2, 0) is 19.2 Å². The maximum Gasteiger partial charge on any atom is 0.259 e. The molecule has 1 unspecified atom stereocenters. The van der Waals surface area contributed by atoms with Gasteiger partial charge in [-0.3, -0.25) is 29.8 Å². The van der Waals surface area contributed by atoms with E-state index in [1.807, 2.05) is 6.07 Å². The summed E-state index contributed by atoms with van der Waals surface area (Å²) in [5.41, 5.74) is 1.64. The lowest BCUT2D eigenvalue weighted by Gasteiger charge is -2.13. The van der Waals surface area contributed by atoms with Gasteiger partial charge in [-0.1, -0.05) is 37.3 Å². The summed E-state index contributed by atoms with van der Waals surface area (Å²) < 4.78 is 0. The summed E-state index contributed by atoms with van der Waals surface area (Å²) in [6, 6.07) is 8.90. The third kappa shape index (κ3) is 2.70. The first-order chi connectivity index (χ1) is 11.0. The number of rotatable bonds is 4. The Balaban J connectivity index is 1.97. The van der Waals surface area contributed by atoms with E-state index < -0.39 is 23.6 Å². The molecule has 0 aliphatic carbocycles. The van der Waals surface area contributed by atoms with Crippen molar-refractivity contribution in [2.45, 2.75) is 13.3 Å². The SMILES string of the molecule is CC(CC1=CC(=O)NC1=O)C1=C(c2ccccc2)C(=O)NC1=O. The molecule has 0 spiro atoms. The molecular weight excluding hydrogens is 296 g/mol. The predicted molar refractivity (Wildman–Crippen MR) is 81.5 cm³/mol. The lowest BCUT2D eigenvalue weighted by molar-refractivity contribution is -0.125. The zero-order chi connectivity index (χ0) is 16.6. The highest BCUT2D eigenvalue weighted by atomic mass is 16.2. The van der Waals surface area contributed by atoms with E-state index in [1.165, 1.54) is 6.08 Å². The van der Waals surface area contributed by atoms with Gasteiger partial charge in [-0.15, -0.1) is 0 Å². The summed E-state index contributed by atoms with van der Waals surface area (Å²) in [6.07, 6.45) is 1.44. The van der Waals surface area contributed by atoms with Crippen LogP contribution in [0.5, 0.6) is 0 Å². The number of amides is 4. The van der Waals surface area contributed by atoms with E-state index in [9.17, 15) is 19.2 Å². The molecule has 0 fully saturated rings. The number of nitrogens with one attached hydrogen (secondary N) is 2. The Morgan fingerprint density at radius 3 is 2.22 bits per heavy atom. The quantitative estimate of drug-likeness (QED) is 0.801. The van der Waals surface area contributed by atoms with Gasteiger partial charge in [-0.2, -0.15) is 0 Å². The molecule has 2 heterocycles. The maximum absolute atomic E-state index is 12.2. The molecule has 0 radical (unpaired) electrons. The van der Waals surface area contributed by atoms with Crippen molar-refractivity contribution in [2.75, 3.05) is 0 Å². The van der Waals surface area contributed by atoms with Crippen molar-refractivity contribution in [1.82, 2.24) is 10.6 Å². The molecule has 6 nitrogen and oxygen atoms in total. The van der Waals surface area contributed by atoms with Gasteiger partial charge in [-0.05, 0) is 17.9 Å². The van der Waals surface area contributed by atoms with Crippen LogP contribution in [0.2, 0.25) is 0 Å². The van der Waals surface area contributed by atoms with Crippen LogP contribution in [0.4, 0.5) is 0 Å². The van der Waals surface area contributed by atoms with E-state index in [-0.39, 0.29) is 12.3 Å². The summed E-state index contributed by atoms with van der Waals surface area (Å²) in [4.78, 5) is 47.1. The van der Waals surface area contributed by atoms with Gasteiger partial charge in [-0.25, -0.2) is 0 Å². The molecule has 4 amide bonds. The van der Waals surface area contributed by atoms with Crippen LogP contribution in [0.1, 0.15) is 18.9 Å². The lowest BCUT2D eigenvalue weighted by Crippen LogP contribution is -2.25. The molecule has 1 atom stereocenters. The molecular formula is C17H14N2O4. The van der Waals surface area contributed by atoms with E-state index in [1.54, 1.807) is 31.2 Å². The summed E-state index contributed by atoms with van der Waals surface area (Å²) in [6.45, 7) is 1.76. The lowest BCUT2D eigenvalue weighted by atomic mass is 9.88. The number of hydrogen-bond donors (Lipinski definition) is 2. The third-order valence-electron chi connectivity index (χ3n) is 3.88. The molecule has 3 rings (SSSR count). The number of benzene rings is 1. The molecule has 1 aromatic rings. The van der Waals surface area contributed by atoms with Crippen LogP contribution in [-0.4, -0.2) is 23.6 Å². The van der Waals surface area contributed by atoms with E-state index in [0.717, 1.165) is 0 Å². The van der Waals surface area contributed by atoms with Crippen molar-refractivity contribution >= 4 is 29.2 Å². The molecule has 116 valence electrons. The minimum absolute atomic E-state index is 0.212. The van der Waals surface area contributed by atoms with Gasteiger partial charge in [0.05, 0.1) is 5.57 Å². The second-order valence-electron chi connectivity index (χ2n) is 5.53. The first kappa shape index (κ1) is 14.9. The van der Waals surface area contributed by atoms with Gasteiger partial charge in [0.25, 0.3) is 23.6 Å². The average molecular weight is 310 g/mol. The Morgan fingerprint density at radius 2 is 1.61 bits per heavy atom. The summed E-state index contributed by atoms with van der Waals surface area (Å²) >= 11 is 0. The standard InChI is InChI=1S/C17H14N2O4/c1-9(7-11-8-12(20)18-15(11)21)13-14(17(23)19-16(13)22)10-5-3-2-4-6-10/h2-6,8-9H,7H2,1H3,(H,18,20,21)(H,19,22,23). The highest BCUT2D eigenvalue weighted by molar-refractivity contribution is 6.36. The molecule has 6 heteroatoms. The second-order valence-corrected chi connectivity index (χ2v) is 5.53. The fourth-order valence-corrected chi connectivity index (χ4v) is 2.87. The van der Waals surface area contributed by atoms with Crippen LogP contribution in [0.3, 0.4) is 0 Å². The minimum atomic E-state index is -0.457. The zero-order valence-electron chi connectivity index (χ0n) is 12.4. The van der Waals surface area contributed by atoms with E-state index in [0.29, 0.717) is 22.3 Å². The molecule has 0 bridgehead atoms. The monoisotopic (exact) mass is 310 g/mol. The second kappa shape index (κ2) is 5.64. The van der Waals surface area contributed by atoms with Crippen LogP contribution >= 0.6 is 0 Å². The number of imide groups is 2. The summed E-state index contributed by atoms with van der Waals surface area (Å²) in [7, 11) is 0. The van der Waals surface area contributed by atoms with E-state index >= 15 is 0 Å². The van der Waals surface area contributed by atoms with Crippen LogP contribution in [0.25, 0.3) is 5.57 Å². The van der Waals surface area contributed by atoms with Gasteiger partial charge < -0.3 is 0 Å². The molecule has 23 heavy (non-hydrogen) atoms. The smallest absolute Gasteiger partial charge is 0.259 e. The molecule has 0 aromatic heterocycles. The van der Waals surface area contributed by atoms with E-state index in [4.69, 9.17) is 0 Å². The van der Waals surface area contributed by atoms with Crippen molar-refractivity contribution in [3.8, 4) is 0 Å². The van der Waals surface area contributed by atoms with Crippen LogP contribution in [0, 0.1) is 5.92 Å². The largest absolute Gasteiger partial charge is 0.289 e. The van der Waals surface area contributed by atoms with Crippen molar-refractivity contribution in [2.24, 2.45) is 5.92 Å². The Hall–Kier alpha value is -3.02. The van der Waals surface area contributed by atoms with Crippen molar-refractivity contribution in [1.29, 1.82) is 0 Å². The average Bonchev–Trinajstić information content (AvgIpc) is 2.98. The Kier molecular flexibility index (Phi) is 3.65. The Bertz CT molecular complexity index is 790. The van der Waals surface area contributed by atoms with Gasteiger partial charge in [0.2, 0.25) is 0 Å². The summed E-state index contributed by atoms with van der Waals surface area (Å²) in [5, 5.41) is 4.47. The predicted octanol–water partition coefficient (Wildman–Crippen LogP) is 0.706. The van der Waals surface area contributed by atoms with Gasteiger partial charge in [0, 0.05) is 17.2 Å². The van der Waals surface area contributed by atoms with Gasteiger partial charge >= 0.3 is 0 Å². The molecule has 2 aliphatic rings. The fourth-order valence-electron chi connectivity index (χ4n) is 2.87. The molecule has 2 N–H and O–H groups in total. The summed E-state index contributed by atoms with van der Waals surface area (Å²) in [5.74, 6) is -2.18. The molecule has 1 aromatic carbocycles. The molecule has 2 aliphatic heterocycles. The maximum atomic E-state index is 12.2. The molecule has 0 saturated heterocycles. The van der Waals surface area contributed by atoms with Crippen molar-refractivity contribution < 1.29 is 19.2 Å². The van der Waals surface area contributed by atoms with Crippen molar-refractivity contribution in [3.63, 3.8) is 0 Å². The normalized spacial score (nSPS) is 18.9. The fraction of sp³-hybridized carbons (Fsp3) is 0.176. The Labute approximate surface area is 132 Å². The van der Waals surface area contributed by atoms with Gasteiger partial charge in [0.1, 0.15) is 0 Å². The Morgan fingerprint density at radius 1 is 0.913 bits per heavy atom. The topological polar surface area (TPSA) is 92.3 Å². The number of carbonyl (C=O) groups excluding carboxylic acids is 4. The van der Waals surface area contributed by atoms with E-state index in [2.05, 4.69) is 10.6 Å². The highest BCUT2D eigenvalue weighted by Crippen LogP contribution is 2.32. The zero-order valence-corrected chi connectivity index (χ0v) is 12.4. The third-order valence-corrected chi connectivity index (χ3v) is 3.88. The van der Waals surface area contributed by atoms with Crippen LogP contribution < -0.4 is 10.6 Å². The first-order valence-corrected chi connectivity index (χ1v) is 7.18.